The maximum absolute atomic E-state index is 5.78. The lowest BCUT2D eigenvalue weighted by Crippen LogP contribution is -2.35. The predicted octanol–water partition coefficient (Wildman–Crippen LogP) is 4.05. The van der Waals surface area contributed by atoms with Crippen molar-refractivity contribution in [1.29, 1.82) is 0 Å². The topological polar surface area (TPSA) is 29.3 Å². The Morgan fingerprint density at radius 1 is 1.24 bits per heavy atom. The molecule has 0 spiro atoms. The molecular formula is C14H21BrN2. The zero-order valence-electron chi connectivity index (χ0n) is 10.6. The minimum Gasteiger partial charge on any atom is -0.399 e. The van der Waals surface area contributed by atoms with E-state index in [1.165, 1.54) is 31.4 Å². The van der Waals surface area contributed by atoms with Gasteiger partial charge in [0.05, 0.1) is 5.69 Å². The van der Waals surface area contributed by atoms with E-state index in [9.17, 15) is 0 Å². The van der Waals surface area contributed by atoms with E-state index in [1.54, 1.807) is 0 Å². The van der Waals surface area contributed by atoms with Crippen molar-refractivity contribution >= 4 is 27.3 Å². The van der Waals surface area contributed by atoms with Crippen molar-refractivity contribution in [3.8, 4) is 0 Å². The van der Waals surface area contributed by atoms with Crippen molar-refractivity contribution in [3.05, 3.63) is 22.7 Å². The molecule has 1 aromatic rings. The lowest BCUT2D eigenvalue weighted by atomic mass is 9.86. The van der Waals surface area contributed by atoms with Gasteiger partial charge in [0.2, 0.25) is 0 Å². The summed E-state index contributed by atoms with van der Waals surface area (Å²) in [5, 5.41) is 0. The number of nitrogen functional groups attached to an aromatic ring is 1. The number of rotatable bonds is 2. The molecule has 0 atom stereocenters. The first kappa shape index (κ1) is 12.7. The Morgan fingerprint density at radius 2 is 1.88 bits per heavy atom. The van der Waals surface area contributed by atoms with E-state index in [0.717, 1.165) is 16.1 Å². The quantitative estimate of drug-likeness (QED) is 0.835. The molecule has 94 valence electrons. The first-order valence-corrected chi connectivity index (χ1v) is 7.15. The van der Waals surface area contributed by atoms with E-state index >= 15 is 0 Å². The summed E-state index contributed by atoms with van der Waals surface area (Å²) < 4.78 is 1.10. The van der Waals surface area contributed by atoms with Gasteiger partial charge in [0, 0.05) is 23.2 Å². The molecule has 0 aliphatic heterocycles. The Balaban J connectivity index is 2.11. The molecule has 2 rings (SSSR count). The van der Waals surface area contributed by atoms with Crippen LogP contribution in [0, 0.1) is 5.92 Å². The molecule has 0 bridgehead atoms. The molecule has 0 unspecified atom stereocenters. The van der Waals surface area contributed by atoms with Gasteiger partial charge in [-0.1, -0.05) is 6.92 Å². The molecule has 0 heterocycles. The summed E-state index contributed by atoms with van der Waals surface area (Å²) in [7, 11) is 2.19. The first-order valence-electron chi connectivity index (χ1n) is 6.36. The molecule has 2 nitrogen and oxygen atoms in total. The molecule has 1 saturated carbocycles. The van der Waals surface area contributed by atoms with Crippen LogP contribution in [-0.4, -0.2) is 13.1 Å². The van der Waals surface area contributed by atoms with E-state index in [4.69, 9.17) is 5.73 Å². The fourth-order valence-corrected chi connectivity index (χ4v) is 3.31. The molecule has 1 fully saturated rings. The fraction of sp³-hybridized carbons (Fsp3) is 0.571. The van der Waals surface area contributed by atoms with Crippen molar-refractivity contribution in [2.45, 2.75) is 38.6 Å². The van der Waals surface area contributed by atoms with Crippen LogP contribution in [-0.2, 0) is 0 Å². The third kappa shape index (κ3) is 2.95. The van der Waals surface area contributed by atoms with Gasteiger partial charge in [0.1, 0.15) is 0 Å². The summed E-state index contributed by atoms with van der Waals surface area (Å²) in [5.41, 5.74) is 7.84. The normalized spacial score (nSPS) is 24.6. The SMILES string of the molecule is CC1CCC(N(C)c2ccc(N)cc2Br)CC1. The Bertz CT molecular complexity index is 384. The van der Waals surface area contributed by atoms with Gasteiger partial charge in [-0.3, -0.25) is 0 Å². The summed E-state index contributed by atoms with van der Waals surface area (Å²) in [4.78, 5) is 2.40. The third-order valence-electron chi connectivity index (χ3n) is 3.88. The summed E-state index contributed by atoms with van der Waals surface area (Å²) >= 11 is 3.60. The van der Waals surface area contributed by atoms with Crippen molar-refractivity contribution < 1.29 is 0 Å². The zero-order valence-corrected chi connectivity index (χ0v) is 12.2. The van der Waals surface area contributed by atoms with Crippen molar-refractivity contribution in [1.82, 2.24) is 0 Å². The average molecular weight is 297 g/mol. The van der Waals surface area contributed by atoms with Crippen molar-refractivity contribution in [2.24, 2.45) is 5.92 Å². The number of nitrogens with two attached hydrogens (primary N) is 1. The second kappa shape index (κ2) is 5.30. The van der Waals surface area contributed by atoms with Gasteiger partial charge < -0.3 is 10.6 Å². The van der Waals surface area contributed by atoms with Crippen LogP contribution in [0.4, 0.5) is 11.4 Å². The van der Waals surface area contributed by atoms with Gasteiger partial charge in [0.15, 0.2) is 0 Å². The van der Waals surface area contributed by atoms with Gasteiger partial charge >= 0.3 is 0 Å². The second-order valence-corrected chi connectivity index (χ2v) is 6.09. The largest absolute Gasteiger partial charge is 0.399 e. The van der Waals surface area contributed by atoms with Gasteiger partial charge in [-0.25, -0.2) is 0 Å². The minimum absolute atomic E-state index is 0.672. The summed E-state index contributed by atoms with van der Waals surface area (Å²) in [6.45, 7) is 2.36. The van der Waals surface area contributed by atoms with Crippen molar-refractivity contribution in [2.75, 3.05) is 17.7 Å². The smallest absolute Gasteiger partial charge is 0.0512 e. The third-order valence-corrected chi connectivity index (χ3v) is 4.52. The predicted molar refractivity (Wildman–Crippen MR) is 78.4 cm³/mol. The lowest BCUT2D eigenvalue weighted by Gasteiger charge is -2.35. The van der Waals surface area contributed by atoms with E-state index in [0.29, 0.717) is 6.04 Å². The van der Waals surface area contributed by atoms with E-state index in [-0.39, 0.29) is 0 Å². The van der Waals surface area contributed by atoms with E-state index in [2.05, 4.69) is 40.9 Å². The van der Waals surface area contributed by atoms with Gasteiger partial charge in [-0.15, -0.1) is 0 Å². The van der Waals surface area contributed by atoms with Crippen LogP contribution in [0.2, 0.25) is 0 Å². The van der Waals surface area contributed by atoms with Crippen LogP contribution >= 0.6 is 15.9 Å². The van der Waals surface area contributed by atoms with Gasteiger partial charge in [-0.05, 0) is 65.7 Å². The van der Waals surface area contributed by atoms with Crippen LogP contribution in [0.5, 0.6) is 0 Å². The highest BCUT2D eigenvalue weighted by Crippen LogP contribution is 2.33. The van der Waals surface area contributed by atoms with Gasteiger partial charge in [0.25, 0.3) is 0 Å². The van der Waals surface area contributed by atoms with Crippen molar-refractivity contribution in [3.63, 3.8) is 0 Å². The minimum atomic E-state index is 0.672. The van der Waals surface area contributed by atoms with Gasteiger partial charge in [-0.2, -0.15) is 0 Å². The molecule has 3 heteroatoms. The van der Waals surface area contributed by atoms with E-state index < -0.39 is 0 Å². The maximum atomic E-state index is 5.78. The average Bonchev–Trinajstić information content (AvgIpc) is 2.29. The Kier molecular flexibility index (Phi) is 3.97. The molecule has 0 aromatic heterocycles. The molecule has 17 heavy (non-hydrogen) atoms. The standard InChI is InChI=1S/C14H21BrN2/c1-10-3-6-12(7-4-10)17(2)14-8-5-11(16)9-13(14)15/h5,8-10,12H,3-4,6-7,16H2,1-2H3. The van der Waals surface area contributed by atoms with Crippen LogP contribution < -0.4 is 10.6 Å². The highest BCUT2D eigenvalue weighted by atomic mass is 79.9. The van der Waals surface area contributed by atoms with Crippen LogP contribution in [0.15, 0.2) is 22.7 Å². The molecule has 1 aliphatic rings. The molecular weight excluding hydrogens is 276 g/mol. The highest BCUT2D eigenvalue weighted by Gasteiger charge is 2.22. The molecule has 1 aliphatic carbocycles. The zero-order chi connectivity index (χ0) is 12.4. The number of nitrogens with zero attached hydrogens (tertiary/aromatic N) is 1. The number of hydrogen-bond acceptors (Lipinski definition) is 2. The number of hydrogen-bond donors (Lipinski definition) is 1. The monoisotopic (exact) mass is 296 g/mol. The summed E-state index contributed by atoms with van der Waals surface area (Å²) in [6, 6.07) is 6.74. The molecule has 0 amide bonds. The van der Waals surface area contributed by atoms with Crippen LogP contribution in [0.1, 0.15) is 32.6 Å². The molecule has 0 saturated heterocycles. The molecule has 2 N–H and O–H groups in total. The van der Waals surface area contributed by atoms with E-state index in [1.807, 2.05) is 12.1 Å². The second-order valence-electron chi connectivity index (χ2n) is 5.24. The summed E-state index contributed by atoms with van der Waals surface area (Å²) in [6.07, 6.45) is 5.30. The first-order chi connectivity index (χ1) is 8.08. The number of halogens is 1. The van der Waals surface area contributed by atoms with Crippen LogP contribution in [0.25, 0.3) is 0 Å². The Labute approximate surface area is 112 Å². The maximum Gasteiger partial charge on any atom is 0.0512 e. The lowest BCUT2D eigenvalue weighted by molar-refractivity contribution is 0.340. The number of anilines is 2. The van der Waals surface area contributed by atoms with Crippen LogP contribution in [0.3, 0.4) is 0 Å². The highest BCUT2D eigenvalue weighted by molar-refractivity contribution is 9.10. The molecule has 1 aromatic carbocycles. The fourth-order valence-electron chi connectivity index (χ4n) is 2.64. The Morgan fingerprint density at radius 3 is 2.47 bits per heavy atom. The Hall–Kier alpha value is -0.700. The molecule has 0 radical (unpaired) electrons. The number of benzene rings is 1. The summed E-state index contributed by atoms with van der Waals surface area (Å²) in [5.74, 6) is 0.898.